The van der Waals surface area contributed by atoms with E-state index in [0.29, 0.717) is 18.0 Å². The number of nitro benzene ring substituents is 1. The maximum atomic E-state index is 12.2. The van der Waals surface area contributed by atoms with E-state index in [9.17, 15) is 14.9 Å². The molecule has 1 heterocycles. The van der Waals surface area contributed by atoms with Crippen molar-refractivity contribution in [1.82, 2.24) is 9.78 Å². The first-order valence-corrected chi connectivity index (χ1v) is 6.21. The van der Waals surface area contributed by atoms with Crippen LogP contribution in [0.25, 0.3) is 0 Å². The summed E-state index contributed by atoms with van der Waals surface area (Å²) in [5, 5.41) is 17.5. The Labute approximate surface area is 120 Å². The molecule has 0 unspecified atom stereocenters. The van der Waals surface area contributed by atoms with Crippen LogP contribution < -0.4 is 10.1 Å². The first-order chi connectivity index (χ1) is 10.0. The van der Waals surface area contributed by atoms with Gasteiger partial charge in [-0.05, 0) is 13.0 Å². The second-order valence-electron chi connectivity index (χ2n) is 4.16. The van der Waals surface area contributed by atoms with Crippen molar-refractivity contribution in [2.24, 2.45) is 0 Å². The van der Waals surface area contributed by atoms with Crippen LogP contribution in [0.4, 0.5) is 11.4 Å². The Hall–Kier alpha value is -2.90. The number of aryl methyl sites for hydroxylation is 1. The first kappa shape index (κ1) is 14.5. The minimum Gasteiger partial charge on any atom is -0.496 e. The van der Waals surface area contributed by atoms with Crippen molar-refractivity contribution in [1.29, 1.82) is 0 Å². The maximum absolute atomic E-state index is 12.2. The van der Waals surface area contributed by atoms with Crippen molar-refractivity contribution in [3.8, 4) is 5.75 Å². The number of rotatable bonds is 5. The third kappa shape index (κ3) is 3.16. The zero-order chi connectivity index (χ0) is 15.4. The number of nitrogens with one attached hydrogen (secondary N) is 1. The molecule has 8 heteroatoms. The molecule has 0 saturated carbocycles. The van der Waals surface area contributed by atoms with Crippen molar-refractivity contribution in [2.45, 2.75) is 13.5 Å². The second-order valence-corrected chi connectivity index (χ2v) is 4.16. The number of nitrogens with zero attached hydrogens (tertiary/aromatic N) is 3. The maximum Gasteiger partial charge on any atom is 0.275 e. The predicted molar refractivity (Wildman–Crippen MR) is 75.5 cm³/mol. The summed E-state index contributed by atoms with van der Waals surface area (Å²) in [7, 11) is 1.40. The molecule has 0 aliphatic rings. The molecule has 110 valence electrons. The Morgan fingerprint density at radius 2 is 2.24 bits per heavy atom. The quantitative estimate of drug-likeness (QED) is 0.671. The highest BCUT2D eigenvalue weighted by atomic mass is 16.6. The molecule has 1 aromatic heterocycles. The van der Waals surface area contributed by atoms with E-state index >= 15 is 0 Å². The normalized spacial score (nSPS) is 10.2. The molecule has 1 aromatic carbocycles. The average molecular weight is 290 g/mol. The molecule has 1 amide bonds. The van der Waals surface area contributed by atoms with Crippen LogP contribution in [-0.4, -0.2) is 27.7 Å². The lowest BCUT2D eigenvalue weighted by Crippen LogP contribution is -2.17. The van der Waals surface area contributed by atoms with Crippen molar-refractivity contribution < 1.29 is 14.5 Å². The molecule has 8 nitrogen and oxygen atoms in total. The van der Waals surface area contributed by atoms with Gasteiger partial charge >= 0.3 is 0 Å². The predicted octanol–water partition coefficient (Wildman–Crippen LogP) is 2.07. The van der Waals surface area contributed by atoms with Gasteiger partial charge in [0.2, 0.25) is 0 Å². The highest BCUT2D eigenvalue weighted by molar-refractivity contribution is 6.03. The number of non-ortho nitro benzene ring substituents is 1. The summed E-state index contributed by atoms with van der Waals surface area (Å²) in [5.74, 6) is -0.0969. The molecule has 0 aliphatic carbocycles. The Morgan fingerprint density at radius 3 is 2.86 bits per heavy atom. The summed E-state index contributed by atoms with van der Waals surface area (Å²) in [6.07, 6.45) is 1.52. The van der Waals surface area contributed by atoms with Crippen molar-refractivity contribution in [3.63, 3.8) is 0 Å². The lowest BCUT2D eigenvalue weighted by Gasteiger charge is -2.08. The monoisotopic (exact) mass is 290 g/mol. The fraction of sp³-hybridized carbons (Fsp3) is 0.231. The van der Waals surface area contributed by atoms with Gasteiger partial charge in [-0.25, -0.2) is 0 Å². The third-order valence-electron chi connectivity index (χ3n) is 2.84. The topological polar surface area (TPSA) is 99.3 Å². The van der Waals surface area contributed by atoms with Crippen molar-refractivity contribution in [3.05, 3.63) is 46.3 Å². The molecule has 21 heavy (non-hydrogen) atoms. The van der Waals surface area contributed by atoms with E-state index in [0.717, 1.165) is 0 Å². The zero-order valence-electron chi connectivity index (χ0n) is 11.6. The van der Waals surface area contributed by atoms with E-state index in [1.807, 2.05) is 6.92 Å². The van der Waals surface area contributed by atoms with Gasteiger partial charge < -0.3 is 10.1 Å². The highest BCUT2D eigenvalue weighted by Gasteiger charge is 2.15. The molecule has 2 rings (SSSR count). The summed E-state index contributed by atoms with van der Waals surface area (Å²) >= 11 is 0. The number of nitro groups is 1. The molecule has 0 atom stereocenters. The Bertz CT molecular complexity index is 681. The van der Waals surface area contributed by atoms with Gasteiger partial charge in [0.15, 0.2) is 0 Å². The average Bonchev–Trinajstić information content (AvgIpc) is 2.95. The summed E-state index contributed by atoms with van der Waals surface area (Å²) in [4.78, 5) is 22.5. The molecule has 0 saturated heterocycles. The molecule has 2 aromatic rings. The molecule has 0 bridgehead atoms. The number of hydrogen-bond acceptors (Lipinski definition) is 5. The molecule has 0 fully saturated rings. The molecular formula is C13H14N4O4. The lowest BCUT2D eigenvalue weighted by atomic mass is 10.2. The molecule has 0 aliphatic heterocycles. The van der Waals surface area contributed by atoms with Crippen LogP contribution in [0.15, 0.2) is 30.5 Å². The number of methoxy groups -OCH3 is 1. The van der Waals surface area contributed by atoms with E-state index in [1.54, 1.807) is 6.07 Å². The first-order valence-electron chi connectivity index (χ1n) is 6.21. The fourth-order valence-corrected chi connectivity index (χ4v) is 1.85. The van der Waals surface area contributed by atoms with Crippen LogP contribution in [0.3, 0.4) is 0 Å². The van der Waals surface area contributed by atoms with E-state index in [2.05, 4.69) is 10.4 Å². The van der Waals surface area contributed by atoms with Crippen LogP contribution >= 0.6 is 0 Å². The van der Waals surface area contributed by atoms with E-state index in [-0.39, 0.29) is 11.4 Å². The van der Waals surface area contributed by atoms with Gasteiger partial charge in [0.1, 0.15) is 11.4 Å². The number of ether oxygens (including phenoxy) is 1. The standard InChI is InChI=1S/C13H14N4O4/c1-3-16-12(4-5-14-16)13(18)15-9-6-10(17(19)20)8-11(7-9)21-2/h4-8H,3H2,1-2H3,(H,15,18). The minimum absolute atomic E-state index is 0.159. The van der Waals surface area contributed by atoms with E-state index < -0.39 is 10.8 Å². The summed E-state index contributed by atoms with van der Waals surface area (Å²) in [5.41, 5.74) is 0.506. The zero-order valence-corrected chi connectivity index (χ0v) is 11.6. The Kier molecular flexibility index (Phi) is 4.17. The fourth-order valence-electron chi connectivity index (χ4n) is 1.85. The molecule has 1 N–H and O–H groups in total. The minimum atomic E-state index is -0.547. The van der Waals surface area contributed by atoms with E-state index in [4.69, 9.17) is 4.74 Å². The van der Waals surface area contributed by atoms with Crippen LogP contribution in [0, 0.1) is 10.1 Å². The number of anilines is 1. The Morgan fingerprint density at radius 1 is 1.48 bits per heavy atom. The number of hydrogen-bond donors (Lipinski definition) is 1. The summed E-state index contributed by atoms with van der Waals surface area (Å²) in [6, 6.07) is 5.64. The number of aromatic nitrogens is 2. The molecule has 0 radical (unpaired) electrons. The Balaban J connectivity index is 2.28. The number of carbonyl (C=O) groups excluding carboxylic acids is 1. The van der Waals surface area contributed by atoms with Gasteiger partial charge in [0.05, 0.1) is 23.8 Å². The second kappa shape index (κ2) is 6.04. The molecular weight excluding hydrogens is 276 g/mol. The summed E-state index contributed by atoms with van der Waals surface area (Å²) in [6.45, 7) is 2.41. The van der Waals surface area contributed by atoms with Gasteiger partial charge in [0, 0.05) is 24.9 Å². The third-order valence-corrected chi connectivity index (χ3v) is 2.84. The SMILES string of the molecule is CCn1nccc1C(=O)Nc1cc(OC)cc([N+](=O)[O-])c1. The smallest absolute Gasteiger partial charge is 0.275 e. The number of amides is 1. The van der Waals surface area contributed by atoms with E-state index in [1.165, 1.54) is 36.2 Å². The van der Waals surface area contributed by atoms with Gasteiger partial charge in [-0.1, -0.05) is 0 Å². The lowest BCUT2D eigenvalue weighted by molar-refractivity contribution is -0.384. The number of benzene rings is 1. The number of carbonyl (C=O) groups is 1. The highest BCUT2D eigenvalue weighted by Crippen LogP contribution is 2.26. The van der Waals surface area contributed by atoms with Crippen LogP contribution in [0.1, 0.15) is 17.4 Å². The largest absolute Gasteiger partial charge is 0.496 e. The van der Waals surface area contributed by atoms with Crippen LogP contribution in [-0.2, 0) is 6.54 Å². The van der Waals surface area contributed by atoms with Crippen molar-refractivity contribution >= 4 is 17.3 Å². The van der Waals surface area contributed by atoms with Gasteiger partial charge in [0.25, 0.3) is 11.6 Å². The van der Waals surface area contributed by atoms with Gasteiger partial charge in [-0.2, -0.15) is 5.10 Å². The summed E-state index contributed by atoms with van der Waals surface area (Å²) < 4.78 is 6.52. The van der Waals surface area contributed by atoms with Crippen LogP contribution in [0.2, 0.25) is 0 Å². The van der Waals surface area contributed by atoms with Gasteiger partial charge in [-0.15, -0.1) is 0 Å². The van der Waals surface area contributed by atoms with Crippen LogP contribution in [0.5, 0.6) is 5.75 Å². The van der Waals surface area contributed by atoms with Crippen molar-refractivity contribution in [2.75, 3.05) is 12.4 Å². The molecule has 0 spiro atoms. The van der Waals surface area contributed by atoms with Gasteiger partial charge in [-0.3, -0.25) is 19.6 Å².